The van der Waals surface area contributed by atoms with Crippen molar-refractivity contribution < 1.29 is 4.74 Å². The highest BCUT2D eigenvalue weighted by Crippen LogP contribution is 2.39. The highest BCUT2D eigenvalue weighted by molar-refractivity contribution is 5.59. The van der Waals surface area contributed by atoms with Gasteiger partial charge in [0.05, 0.1) is 13.3 Å². The molecule has 3 aliphatic rings. The lowest BCUT2D eigenvalue weighted by molar-refractivity contribution is 0.0266. The first-order valence-electron chi connectivity index (χ1n) is 12.9. The Morgan fingerprint density at radius 2 is 1.77 bits per heavy atom. The van der Waals surface area contributed by atoms with E-state index in [-0.39, 0.29) is 12.5 Å². The molecule has 8 heteroatoms. The number of fused-ring (bicyclic) bond motifs is 1. The average Bonchev–Trinajstić information content (AvgIpc) is 2.84. The maximum absolute atomic E-state index is 6.95. The molecule has 35 heavy (non-hydrogen) atoms. The number of piperidine rings is 1. The van der Waals surface area contributed by atoms with E-state index in [0.717, 1.165) is 57.9 Å². The molecule has 5 N–H and O–H groups in total. The number of para-hydroxylation sites is 1. The Morgan fingerprint density at radius 1 is 1.03 bits per heavy atom. The molecule has 190 valence electrons. The summed E-state index contributed by atoms with van der Waals surface area (Å²) in [6.45, 7) is 6.00. The third-order valence-electron chi connectivity index (χ3n) is 8.00. The van der Waals surface area contributed by atoms with Gasteiger partial charge in [0.15, 0.2) is 0 Å². The van der Waals surface area contributed by atoms with Crippen molar-refractivity contribution in [3.8, 4) is 5.75 Å². The fourth-order valence-electron chi connectivity index (χ4n) is 5.96. The Bertz CT molecular complexity index is 1000. The predicted molar refractivity (Wildman–Crippen MR) is 143 cm³/mol. The molecule has 2 unspecified atom stereocenters. The molecule has 5 rings (SSSR count). The van der Waals surface area contributed by atoms with Gasteiger partial charge in [0.25, 0.3) is 0 Å². The zero-order chi connectivity index (χ0) is 24.5. The summed E-state index contributed by atoms with van der Waals surface area (Å²) < 4.78 is 5.71. The molecule has 3 heterocycles. The molecule has 2 aromatic carbocycles. The smallest absolute Gasteiger partial charge is 0.136 e. The van der Waals surface area contributed by atoms with E-state index < -0.39 is 0 Å². The number of nitrogens with one attached hydrogen (secondary N) is 1. The summed E-state index contributed by atoms with van der Waals surface area (Å²) in [5, 5.41) is 3.39. The van der Waals surface area contributed by atoms with E-state index in [9.17, 15) is 0 Å². The molecule has 0 spiro atoms. The molecule has 2 atom stereocenters. The van der Waals surface area contributed by atoms with Gasteiger partial charge in [-0.3, -0.25) is 10.6 Å². The average molecular weight is 480 g/mol. The van der Waals surface area contributed by atoms with Gasteiger partial charge in [-0.15, -0.1) is 0 Å². The zero-order valence-corrected chi connectivity index (χ0v) is 21.4. The number of methoxy groups -OCH3 is 1. The van der Waals surface area contributed by atoms with Gasteiger partial charge in [0.2, 0.25) is 0 Å². The number of nitrogens with two attached hydrogens (primary N) is 2. The molecule has 3 aliphatic heterocycles. The number of likely N-dealkylation sites (tertiary alicyclic amines) is 1. The normalized spacial score (nSPS) is 24.2. The Balaban J connectivity index is 1.30. The van der Waals surface area contributed by atoms with Crippen LogP contribution in [0.3, 0.4) is 0 Å². The molecule has 0 aliphatic carbocycles. The molecule has 2 fully saturated rings. The van der Waals surface area contributed by atoms with E-state index in [1.54, 1.807) is 7.11 Å². The number of ether oxygens (including phenoxy) is 1. The number of hydrogen-bond acceptors (Lipinski definition) is 8. The van der Waals surface area contributed by atoms with Crippen molar-refractivity contribution in [2.24, 2.45) is 17.4 Å². The summed E-state index contributed by atoms with van der Waals surface area (Å²) in [4.78, 5) is 9.46. The molecule has 2 aromatic rings. The van der Waals surface area contributed by atoms with Crippen molar-refractivity contribution in [2.75, 3.05) is 63.7 Å². The van der Waals surface area contributed by atoms with E-state index in [1.807, 2.05) is 0 Å². The van der Waals surface area contributed by atoms with Crippen LogP contribution in [-0.2, 0) is 6.54 Å². The van der Waals surface area contributed by atoms with Gasteiger partial charge in [0, 0.05) is 74.7 Å². The summed E-state index contributed by atoms with van der Waals surface area (Å²) in [6.07, 6.45) is 1.72. The fourth-order valence-corrected chi connectivity index (χ4v) is 5.96. The van der Waals surface area contributed by atoms with Crippen molar-refractivity contribution in [1.29, 1.82) is 0 Å². The van der Waals surface area contributed by atoms with E-state index in [1.165, 1.54) is 22.5 Å². The van der Waals surface area contributed by atoms with E-state index in [2.05, 4.69) is 81.5 Å². The zero-order valence-electron chi connectivity index (χ0n) is 21.4. The second-order valence-corrected chi connectivity index (χ2v) is 10.4. The number of benzene rings is 2. The standard InChI is InChI=1S/C27H41N7O/c1-31(2)23-9-6-10-25(35-3)22(23)18-32-13-11-20(12-14-32)34-26(28)21-7-4-5-8-24(21)33(27(34)29)17-19-15-30-16-19/h4-10,19-20,26-27,30H,11-18,28-29H2,1-3H3. The monoisotopic (exact) mass is 479 g/mol. The largest absolute Gasteiger partial charge is 0.496 e. The molecule has 0 amide bonds. The van der Waals surface area contributed by atoms with Crippen LogP contribution in [0.2, 0.25) is 0 Å². The topological polar surface area (TPSA) is 86.3 Å². The van der Waals surface area contributed by atoms with Gasteiger partial charge in [-0.25, -0.2) is 4.90 Å². The Kier molecular flexibility index (Phi) is 7.18. The van der Waals surface area contributed by atoms with Crippen LogP contribution in [0.1, 0.15) is 30.1 Å². The summed E-state index contributed by atoms with van der Waals surface area (Å²) in [5.41, 5.74) is 18.7. The van der Waals surface area contributed by atoms with Gasteiger partial charge in [-0.2, -0.15) is 0 Å². The first-order chi connectivity index (χ1) is 17.0. The molecule has 0 bridgehead atoms. The number of hydrogen-bond donors (Lipinski definition) is 3. The van der Waals surface area contributed by atoms with E-state index >= 15 is 0 Å². The quantitative estimate of drug-likeness (QED) is 0.556. The first-order valence-corrected chi connectivity index (χ1v) is 12.9. The minimum absolute atomic E-state index is 0.178. The SMILES string of the molecule is COc1cccc(N(C)C)c1CN1CCC(N2C(N)c3ccccc3N(CC3CNC3)C2N)CC1. The Morgan fingerprint density at radius 3 is 2.43 bits per heavy atom. The van der Waals surface area contributed by atoms with Gasteiger partial charge < -0.3 is 25.6 Å². The lowest BCUT2D eigenvalue weighted by Gasteiger charge is -2.52. The lowest BCUT2D eigenvalue weighted by atomic mass is 9.95. The second kappa shape index (κ2) is 10.3. The summed E-state index contributed by atoms with van der Waals surface area (Å²) in [5.74, 6) is 1.59. The maximum atomic E-state index is 6.95. The Hall–Kier alpha value is -2.36. The van der Waals surface area contributed by atoms with Crippen molar-refractivity contribution in [2.45, 2.75) is 37.9 Å². The molecule has 0 radical (unpaired) electrons. The molecule has 2 saturated heterocycles. The van der Waals surface area contributed by atoms with Crippen LogP contribution >= 0.6 is 0 Å². The van der Waals surface area contributed by atoms with E-state index in [4.69, 9.17) is 16.2 Å². The minimum atomic E-state index is -0.202. The van der Waals surface area contributed by atoms with Crippen molar-refractivity contribution in [3.05, 3.63) is 53.6 Å². The minimum Gasteiger partial charge on any atom is -0.496 e. The van der Waals surface area contributed by atoms with Crippen LogP contribution in [0.15, 0.2) is 42.5 Å². The predicted octanol–water partition coefficient (Wildman–Crippen LogP) is 1.97. The second-order valence-electron chi connectivity index (χ2n) is 10.4. The van der Waals surface area contributed by atoms with Gasteiger partial charge >= 0.3 is 0 Å². The molecular weight excluding hydrogens is 438 g/mol. The van der Waals surface area contributed by atoms with E-state index in [0.29, 0.717) is 12.0 Å². The summed E-state index contributed by atoms with van der Waals surface area (Å²) in [6, 6.07) is 15.2. The van der Waals surface area contributed by atoms with Crippen LogP contribution < -0.4 is 31.3 Å². The molecule has 0 aromatic heterocycles. The lowest BCUT2D eigenvalue weighted by Crippen LogP contribution is -2.66. The molecule has 0 saturated carbocycles. The first kappa shape index (κ1) is 24.3. The van der Waals surface area contributed by atoms with Gasteiger partial charge in [-0.1, -0.05) is 24.3 Å². The third-order valence-corrected chi connectivity index (χ3v) is 8.00. The highest BCUT2D eigenvalue weighted by atomic mass is 16.5. The van der Waals surface area contributed by atoms with Crippen molar-refractivity contribution in [1.82, 2.24) is 15.1 Å². The van der Waals surface area contributed by atoms with Gasteiger partial charge in [-0.05, 0) is 44.1 Å². The fraction of sp³-hybridized carbons (Fsp3) is 0.556. The van der Waals surface area contributed by atoms with Crippen LogP contribution in [-0.4, -0.2) is 76.1 Å². The summed E-state index contributed by atoms with van der Waals surface area (Å²) in [7, 11) is 5.94. The van der Waals surface area contributed by atoms with Crippen molar-refractivity contribution >= 4 is 11.4 Å². The Labute approximate surface area is 209 Å². The number of anilines is 2. The van der Waals surface area contributed by atoms with Crippen LogP contribution in [0, 0.1) is 5.92 Å². The molecule has 8 nitrogen and oxygen atoms in total. The van der Waals surface area contributed by atoms with Crippen molar-refractivity contribution in [3.63, 3.8) is 0 Å². The highest BCUT2D eigenvalue weighted by Gasteiger charge is 2.41. The van der Waals surface area contributed by atoms with Crippen LogP contribution in [0.5, 0.6) is 5.75 Å². The maximum Gasteiger partial charge on any atom is 0.136 e. The number of nitrogens with zero attached hydrogens (tertiary/aromatic N) is 4. The molecular formula is C27H41N7O. The van der Waals surface area contributed by atoms with Crippen LogP contribution in [0.4, 0.5) is 11.4 Å². The third kappa shape index (κ3) is 4.73. The van der Waals surface area contributed by atoms with Gasteiger partial charge in [0.1, 0.15) is 12.0 Å². The summed E-state index contributed by atoms with van der Waals surface area (Å²) >= 11 is 0. The van der Waals surface area contributed by atoms with Crippen LogP contribution in [0.25, 0.3) is 0 Å². The number of rotatable bonds is 7.